The standard InChI is InChI=1S/C24H39BF2N4O5/c1-21(2,3)13-18(25(34)35)29-20(33)36-16-23(6)8-7-10-31(23)19(32)17(14-28)12-22(4,5)30-11-9-24(26,27)15-30/h12,18,34-35H,7-11,13,15-16H2,1-6H3,(H,29,33)/t18-,23?/m0/s1. The van der Waals surface area contributed by atoms with Crippen LogP contribution in [-0.4, -0.2) is 88.1 Å². The average Bonchev–Trinajstić information content (AvgIpc) is 3.31. The first kappa shape index (κ1) is 30.0. The smallest absolute Gasteiger partial charge is 0.447 e. The fourth-order valence-corrected chi connectivity index (χ4v) is 4.78. The maximum atomic E-state index is 13.7. The van der Waals surface area contributed by atoms with E-state index in [4.69, 9.17) is 4.74 Å². The molecule has 0 aliphatic carbocycles. The zero-order chi connectivity index (χ0) is 27.5. The van der Waals surface area contributed by atoms with Crippen LogP contribution in [0.2, 0.25) is 0 Å². The lowest BCUT2D eigenvalue weighted by molar-refractivity contribution is -0.131. The molecular weight excluding hydrogens is 473 g/mol. The van der Waals surface area contributed by atoms with E-state index in [1.165, 1.54) is 11.0 Å². The van der Waals surface area contributed by atoms with E-state index in [-0.39, 0.29) is 30.6 Å². The predicted octanol–water partition coefficient (Wildman–Crippen LogP) is 2.48. The van der Waals surface area contributed by atoms with E-state index < -0.39 is 48.6 Å². The zero-order valence-corrected chi connectivity index (χ0v) is 22.1. The van der Waals surface area contributed by atoms with Crippen LogP contribution in [-0.2, 0) is 9.53 Å². The van der Waals surface area contributed by atoms with Gasteiger partial charge in [0, 0.05) is 25.0 Å². The van der Waals surface area contributed by atoms with Crippen LogP contribution in [0.1, 0.15) is 67.2 Å². The minimum Gasteiger partial charge on any atom is -0.447 e. The SMILES string of the molecule is CC(C)(C)C[C@H](NC(=O)OCC1(C)CCCN1C(=O)C(C#N)=CC(C)(C)N1CCC(F)(F)C1)B(O)O. The van der Waals surface area contributed by atoms with Gasteiger partial charge in [0.15, 0.2) is 0 Å². The van der Waals surface area contributed by atoms with Gasteiger partial charge in [0.25, 0.3) is 11.8 Å². The second-order valence-corrected chi connectivity index (χ2v) is 11.9. The van der Waals surface area contributed by atoms with Crippen LogP contribution < -0.4 is 5.32 Å². The van der Waals surface area contributed by atoms with Crippen LogP contribution >= 0.6 is 0 Å². The summed E-state index contributed by atoms with van der Waals surface area (Å²) in [5, 5.41) is 31.4. The molecule has 3 N–H and O–H groups in total. The van der Waals surface area contributed by atoms with Gasteiger partial charge in [-0.2, -0.15) is 5.26 Å². The largest absolute Gasteiger partial charge is 0.475 e. The molecule has 2 rings (SSSR count). The normalized spacial score (nSPS) is 23.8. The minimum atomic E-state index is -2.80. The molecule has 36 heavy (non-hydrogen) atoms. The lowest BCUT2D eigenvalue weighted by Gasteiger charge is -2.36. The van der Waals surface area contributed by atoms with Crippen LogP contribution in [0.25, 0.3) is 0 Å². The first-order valence-electron chi connectivity index (χ1n) is 12.3. The Morgan fingerprint density at radius 2 is 1.86 bits per heavy atom. The Hall–Kier alpha value is -2.23. The molecule has 9 nitrogen and oxygen atoms in total. The Bertz CT molecular complexity index is 900. The van der Waals surface area contributed by atoms with Gasteiger partial charge in [-0.1, -0.05) is 20.8 Å². The van der Waals surface area contributed by atoms with Crippen LogP contribution in [0.4, 0.5) is 13.6 Å². The van der Waals surface area contributed by atoms with E-state index in [2.05, 4.69) is 5.32 Å². The second-order valence-electron chi connectivity index (χ2n) is 11.9. The molecule has 2 amide bonds. The summed E-state index contributed by atoms with van der Waals surface area (Å²) < 4.78 is 32.8. The third-order valence-corrected chi connectivity index (χ3v) is 6.84. The van der Waals surface area contributed by atoms with E-state index >= 15 is 0 Å². The van der Waals surface area contributed by atoms with Crippen molar-refractivity contribution in [1.82, 2.24) is 15.1 Å². The summed E-state index contributed by atoms with van der Waals surface area (Å²) >= 11 is 0. The molecule has 202 valence electrons. The molecule has 0 spiro atoms. The van der Waals surface area contributed by atoms with Crippen molar-refractivity contribution in [2.75, 3.05) is 26.2 Å². The highest BCUT2D eigenvalue weighted by atomic mass is 19.3. The van der Waals surface area contributed by atoms with E-state index in [0.717, 1.165) is 0 Å². The second kappa shape index (κ2) is 11.0. The Balaban J connectivity index is 2.09. The number of alkyl carbamates (subject to hydrolysis) is 1. The number of nitrogens with one attached hydrogen (secondary N) is 1. The summed E-state index contributed by atoms with van der Waals surface area (Å²) in [5.41, 5.74) is -2.24. The van der Waals surface area contributed by atoms with E-state index in [0.29, 0.717) is 25.8 Å². The number of carbonyl (C=O) groups excluding carboxylic acids is 2. The lowest BCUT2D eigenvalue weighted by atomic mass is 9.71. The summed E-state index contributed by atoms with van der Waals surface area (Å²) in [4.78, 5) is 28.8. The molecule has 0 aromatic carbocycles. The lowest BCUT2D eigenvalue weighted by Crippen LogP contribution is -2.52. The number of hydrogen-bond acceptors (Lipinski definition) is 7. The maximum Gasteiger partial charge on any atom is 0.475 e. The van der Waals surface area contributed by atoms with Gasteiger partial charge < -0.3 is 25.0 Å². The zero-order valence-electron chi connectivity index (χ0n) is 22.1. The Morgan fingerprint density at radius 1 is 1.22 bits per heavy atom. The summed E-state index contributed by atoms with van der Waals surface area (Å²) in [7, 11) is -1.76. The summed E-state index contributed by atoms with van der Waals surface area (Å²) in [5.74, 6) is -4.28. The van der Waals surface area contributed by atoms with Crippen LogP contribution in [0.3, 0.4) is 0 Å². The van der Waals surface area contributed by atoms with Gasteiger partial charge in [0.1, 0.15) is 18.2 Å². The van der Waals surface area contributed by atoms with Gasteiger partial charge >= 0.3 is 13.2 Å². The number of halogens is 2. The minimum absolute atomic E-state index is 0.151. The van der Waals surface area contributed by atoms with Crippen molar-refractivity contribution in [2.45, 2.75) is 90.2 Å². The van der Waals surface area contributed by atoms with E-state index in [1.807, 2.05) is 26.8 Å². The molecule has 2 atom stereocenters. The fraction of sp³-hybridized carbons (Fsp3) is 0.792. The summed E-state index contributed by atoms with van der Waals surface area (Å²) in [6, 6.07) is 1.92. The van der Waals surface area contributed by atoms with Crippen molar-refractivity contribution < 1.29 is 33.2 Å². The Kier molecular flexibility index (Phi) is 9.19. The number of ether oxygens (including phenoxy) is 1. The van der Waals surface area contributed by atoms with E-state index in [9.17, 15) is 33.7 Å². The molecule has 0 radical (unpaired) electrons. The Morgan fingerprint density at radius 3 is 2.36 bits per heavy atom. The molecule has 2 aliphatic rings. The van der Waals surface area contributed by atoms with Crippen LogP contribution in [0, 0.1) is 16.7 Å². The molecule has 12 heteroatoms. The highest BCUT2D eigenvalue weighted by Gasteiger charge is 2.45. The van der Waals surface area contributed by atoms with Gasteiger partial charge in [0.2, 0.25) is 0 Å². The topological polar surface area (TPSA) is 126 Å². The van der Waals surface area contributed by atoms with Gasteiger partial charge in [-0.15, -0.1) is 0 Å². The average molecular weight is 512 g/mol. The summed E-state index contributed by atoms with van der Waals surface area (Å²) in [6.45, 7) is 10.7. The number of rotatable bonds is 8. The van der Waals surface area contributed by atoms with E-state index in [1.54, 1.807) is 25.7 Å². The predicted molar refractivity (Wildman–Crippen MR) is 131 cm³/mol. The maximum absolute atomic E-state index is 13.7. The number of carbonyl (C=O) groups is 2. The molecule has 0 saturated carbocycles. The molecule has 0 aromatic rings. The van der Waals surface area contributed by atoms with Crippen molar-refractivity contribution in [1.29, 1.82) is 5.26 Å². The molecule has 2 saturated heterocycles. The van der Waals surface area contributed by atoms with Crippen molar-refractivity contribution in [3.8, 4) is 6.07 Å². The monoisotopic (exact) mass is 512 g/mol. The first-order chi connectivity index (χ1) is 16.4. The number of amides is 2. The number of likely N-dealkylation sites (tertiary alicyclic amines) is 2. The van der Waals surface area contributed by atoms with Crippen molar-refractivity contribution in [3.63, 3.8) is 0 Å². The quantitative estimate of drug-likeness (QED) is 0.259. The molecule has 1 unspecified atom stereocenters. The first-order valence-corrected chi connectivity index (χ1v) is 12.3. The molecule has 0 bridgehead atoms. The van der Waals surface area contributed by atoms with Crippen LogP contribution in [0.5, 0.6) is 0 Å². The highest BCUT2D eigenvalue weighted by Crippen LogP contribution is 2.34. The third-order valence-electron chi connectivity index (χ3n) is 6.84. The molecule has 2 heterocycles. The summed E-state index contributed by atoms with van der Waals surface area (Å²) in [6.07, 6.45) is 1.79. The van der Waals surface area contributed by atoms with Gasteiger partial charge in [-0.05, 0) is 51.5 Å². The van der Waals surface area contributed by atoms with Crippen molar-refractivity contribution >= 4 is 19.1 Å². The molecule has 2 aliphatic heterocycles. The number of nitriles is 1. The molecule has 0 aromatic heterocycles. The molecular formula is C24H39BF2N4O5. The van der Waals surface area contributed by atoms with Crippen molar-refractivity contribution in [2.24, 2.45) is 5.41 Å². The number of alkyl halides is 2. The van der Waals surface area contributed by atoms with Gasteiger partial charge in [0.05, 0.1) is 18.0 Å². The fourth-order valence-electron chi connectivity index (χ4n) is 4.78. The number of nitrogens with zero attached hydrogens (tertiary/aromatic N) is 3. The highest BCUT2D eigenvalue weighted by molar-refractivity contribution is 6.43. The van der Waals surface area contributed by atoms with Gasteiger partial charge in [-0.3, -0.25) is 9.69 Å². The van der Waals surface area contributed by atoms with Gasteiger partial charge in [-0.25, -0.2) is 13.6 Å². The van der Waals surface area contributed by atoms with Crippen molar-refractivity contribution in [3.05, 3.63) is 11.6 Å². The Labute approximate surface area is 212 Å². The third kappa shape index (κ3) is 7.89. The van der Waals surface area contributed by atoms with Crippen LogP contribution in [0.15, 0.2) is 11.6 Å². The molecule has 2 fully saturated rings. The number of hydrogen-bond donors (Lipinski definition) is 3.